The van der Waals surface area contributed by atoms with E-state index in [4.69, 9.17) is 0 Å². The van der Waals surface area contributed by atoms with Gasteiger partial charge >= 0.3 is 0 Å². The molecule has 1 saturated carbocycles. The molecule has 0 aliphatic heterocycles. The average molecular weight is 180 g/mol. The molecule has 0 aromatic heterocycles. The van der Waals surface area contributed by atoms with E-state index in [0.29, 0.717) is 11.8 Å². The summed E-state index contributed by atoms with van der Waals surface area (Å²) in [5.74, 6) is 0.629. The SMILES string of the molecule is C[C@@H](O)[C@@H]1C[C@@H]1c1ccc(F)cc1. The third-order valence-corrected chi connectivity index (χ3v) is 2.76. The van der Waals surface area contributed by atoms with Crippen molar-refractivity contribution in [3.63, 3.8) is 0 Å². The lowest BCUT2D eigenvalue weighted by Crippen LogP contribution is -2.03. The van der Waals surface area contributed by atoms with E-state index in [-0.39, 0.29) is 11.9 Å². The number of aliphatic hydroxyl groups is 1. The number of benzene rings is 1. The molecule has 0 amide bonds. The molecule has 1 fully saturated rings. The smallest absolute Gasteiger partial charge is 0.123 e. The minimum Gasteiger partial charge on any atom is -0.393 e. The maximum Gasteiger partial charge on any atom is 0.123 e. The van der Waals surface area contributed by atoms with Crippen molar-refractivity contribution in [1.82, 2.24) is 0 Å². The van der Waals surface area contributed by atoms with Crippen LogP contribution in [0.15, 0.2) is 24.3 Å². The van der Waals surface area contributed by atoms with Gasteiger partial charge in [0, 0.05) is 0 Å². The molecule has 1 nitrogen and oxygen atoms in total. The highest BCUT2D eigenvalue weighted by atomic mass is 19.1. The maximum absolute atomic E-state index is 12.6. The van der Waals surface area contributed by atoms with E-state index in [1.165, 1.54) is 12.1 Å². The quantitative estimate of drug-likeness (QED) is 0.740. The molecule has 0 spiro atoms. The van der Waals surface area contributed by atoms with Crippen LogP contribution in [0.5, 0.6) is 0 Å². The topological polar surface area (TPSA) is 20.2 Å². The zero-order chi connectivity index (χ0) is 9.42. The molecule has 70 valence electrons. The fourth-order valence-corrected chi connectivity index (χ4v) is 1.84. The standard InChI is InChI=1S/C11H13FO/c1-7(13)10-6-11(10)8-2-4-9(12)5-3-8/h2-5,7,10-11,13H,6H2,1H3/t7-,10+,11-/m1/s1. The van der Waals surface area contributed by atoms with Gasteiger partial charge in [-0.2, -0.15) is 0 Å². The number of rotatable bonds is 2. The second-order valence-corrected chi connectivity index (χ2v) is 3.80. The van der Waals surface area contributed by atoms with E-state index >= 15 is 0 Å². The Morgan fingerprint density at radius 2 is 2.00 bits per heavy atom. The summed E-state index contributed by atoms with van der Waals surface area (Å²) in [5.41, 5.74) is 1.15. The van der Waals surface area contributed by atoms with E-state index < -0.39 is 0 Å². The minimum absolute atomic E-state index is 0.196. The van der Waals surface area contributed by atoms with Crippen LogP contribution in [0.2, 0.25) is 0 Å². The van der Waals surface area contributed by atoms with Crippen LogP contribution < -0.4 is 0 Å². The highest BCUT2D eigenvalue weighted by molar-refractivity contribution is 5.26. The van der Waals surface area contributed by atoms with Crippen molar-refractivity contribution in [2.45, 2.75) is 25.4 Å². The van der Waals surface area contributed by atoms with Gasteiger partial charge in [-0.25, -0.2) is 4.39 Å². The molecular formula is C11H13FO. The summed E-state index contributed by atoms with van der Waals surface area (Å²) in [5, 5.41) is 9.30. The molecule has 1 aromatic rings. The predicted molar refractivity (Wildman–Crippen MR) is 48.9 cm³/mol. The van der Waals surface area contributed by atoms with Crippen molar-refractivity contribution in [2.24, 2.45) is 5.92 Å². The highest BCUT2D eigenvalue weighted by Gasteiger charge is 2.41. The molecule has 13 heavy (non-hydrogen) atoms. The van der Waals surface area contributed by atoms with Gasteiger partial charge in [0.25, 0.3) is 0 Å². The molecule has 3 atom stereocenters. The summed E-state index contributed by atoms with van der Waals surface area (Å²) in [7, 11) is 0. The van der Waals surface area contributed by atoms with E-state index in [1.807, 2.05) is 19.1 Å². The summed E-state index contributed by atoms with van der Waals surface area (Å²) < 4.78 is 12.6. The Balaban J connectivity index is 2.08. The van der Waals surface area contributed by atoms with Crippen LogP contribution in [0, 0.1) is 11.7 Å². The summed E-state index contributed by atoms with van der Waals surface area (Å²) in [6.45, 7) is 1.81. The molecule has 1 N–H and O–H groups in total. The van der Waals surface area contributed by atoms with E-state index in [0.717, 1.165) is 12.0 Å². The van der Waals surface area contributed by atoms with Crippen molar-refractivity contribution < 1.29 is 9.50 Å². The first-order chi connectivity index (χ1) is 6.18. The summed E-state index contributed by atoms with van der Waals surface area (Å²) in [6.07, 6.45) is 0.790. The lowest BCUT2D eigenvalue weighted by Gasteiger charge is -2.02. The Hall–Kier alpha value is -0.890. The lowest BCUT2D eigenvalue weighted by atomic mass is 10.1. The van der Waals surface area contributed by atoms with Gasteiger partial charge in [0.1, 0.15) is 5.82 Å². The largest absolute Gasteiger partial charge is 0.393 e. The second-order valence-electron chi connectivity index (χ2n) is 3.80. The molecule has 0 bridgehead atoms. The normalized spacial score (nSPS) is 28.5. The number of hydrogen-bond acceptors (Lipinski definition) is 1. The minimum atomic E-state index is -0.241. The molecule has 0 radical (unpaired) electrons. The highest BCUT2D eigenvalue weighted by Crippen LogP contribution is 2.49. The fourth-order valence-electron chi connectivity index (χ4n) is 1.84. The molecular weight excluding hydrogens is 167 g/mol. The second kappa shape index (κ2) is 3.11. The van der Waals surface area contributed by atoms with Crippen LogP contribution >= 0.6 is 0 Å². The Morgan fingerprint density at radius 3 is 2.46 bits per heavy atom. The predicted octanol–water partition coefficient (Wildman–Crippen LogP) is 2.31. The number of aliphatic hydroxyl groups excluding tert-OH is 1. The molecule has 1 aliphatic carbocycles. The zero-order valence-corrected chi connectivity index (χ0v) is 7.57. The van der Waals surface area contributed by atoms with Crippen molar-refractivity contribution in [3.05, 3.63) is 35.6 Å². The number of hydrogen-bond donors (Lipinski definition) is 1. The van der Waals surface area contributed by atoms with Crippen LogP contribution in [0.1, 0.15) is 24.8 Å². The summed E-state index contributed by atoms with van der Waals surface area (Å²) in [6, 6.07) is 6.57. The van der Waals surface area contributed by atoms with Gasteiger partial charge in [-0.05, 0) is 42.9 Å². The molecule has 0 saturated heterocycles. The fraction of sp³-hybridized carbons (Fsp3) is 0.455. The van der Waals surface area contributed by atoms with Crippen LogP contribution in [0.4, 0.5) is 4.39 Å². The Bertz CT molecular complexity index is 291. The Kier molecular flexibility index (Phi) is 2.08. The zero-order valence-electron chi connectivity index (χ0n) is 7.57. The van der Waals surface area contributed by atoms with Crippen LogP contribution in [0.25, 0.3) is 0 Å². The summed E-state index contributed by atoms with van der Waals surface area (Å²) in [4.78, 5) is 0. The van der Waals surface area contributed by atoms with Crippen LogP contribution in [0.3, 0.4) is 0 Å². The lowest BCUT2D eigenvalue weighted by molar-refractivity contribution is 0.169. The van der Waals surface area contributed by atoms with E-state index in [2.05, 4.69) is 0 Å². The van der Waals surface area contributed by atoms with Gasteiger partial charge < -0.3 is 5.11 Å². The first-order valence-electron chi connectivity index (χ1n) is 4.62. The summed E-state index contributed by atoms with van der Waals surface area (Å²) >= 11 is 0. The van der Waals surface area contributed by atoms with Gasteiger partial charge in [-0.15, -0.1) is 0 Å². The molecule has 0 unspecified atom stereocenters. The van der Waals surface area contributed by atoms with E-state index in [1.54, 1.807) is 0 Å². The molecule has 2 heteroatoms. The molecule has 0 heterocycles. The van der Waals surface area contributed by atoms with Crippen molar-refractivity contribution >= 4 is 0 Å². The molecule has 1 aliphatic rings. The van der Waals surface area contributed by atoms with Gasteiger partial charge in [0.15, 0.2) is 0 Å². The third-order valence-electron chi connectivity index (χ3n) is 2.76. The van der Waals surface area contributed by atoms with Crippen molar-refractivity contribution in [3.8, 4) is 0 Å². The van der Waals surface area contributed by atoms with Gasteiger partial charge in [-0.1, -0.05) is 12.1 Å². The average Bonchev–Trinajstić information content (AvgIpc) is 2.85. The number of halogens is 1. The molecule has 1 aromatic carbocycles. The van der Waals surface area contributed by atoms with Crippen LogP contribution in [-0.2, 0) is 0 Å². The first-order valence-corrected chi connectivity index (χ1v) is 4.62. The Labute approximate surface area is 77.2 Å². The van der Waals surface area contributed by atoms with Crippen molar-refractivity contribution in [1.29, 1.82) is 0 Å². The molecule has 2 rings (SSSR count). The maximum atomic E-state index is 12.6. The van der Waals surface area contributed by atoms with Gasteiger partial charge in [0.05, 0.1) is 6.10 Å². The van der Waals surface area contributed by atoms with E-state index in [9.17, 15) is 9.50 Å². The van der Waals surface area contributed by atoms with Gasteiger partial charge in [0.2, 0.25) is 0 Å². The Morgan fingerprint density at radius 1 is 1.38 bits per heavy atom. The van der Waals surface area contributed by atoms with Gasteiger partial charge in [-0.3, -0.25) is 0 Å². The third kappa shape index (κ3) is 1.73. The monoisotopic (exact) mass is 180 g/mol. The van der Waals surface area contributed by atoms with Crippen molar-refractivity contribution in [2.75, 3.05) is 0 Å². The van der Waals surface area contributed by atoms with Crippen LogP contribution in [-0.4, -0.2) is 11.2 Å². The first kappa shape index (κ1) is 8.70.